The highest BCUT2D eigenvalue weighted by Crippen LogP contribution is 2.26. The van der Waals surface area contributed by atoms with Gasteiger partial charge in [-0.15, -0.1) is 4.98 Å². The Hall–Kier alpha value is -1.63. The standard InChI is InChI=1S/C12H21N5O2/c1-18-11-15-10(16-12(17-11)19-2)14-9-6-4-3-5-8(9)7-13/h8-9H,3-7,13H2,1-2H3,(H,14,15,16,17). The van der Waals surface area contributed by atoms with Gasteiger partial charge in [0.2, 0.25) is 5.95 Å². The smallest absolute Gasteiger partial charge is 0.324 e. The van der Waals surface area contributed by atoms with Gasteiger partial charge in [-0.05, 0) is 25.3 Å². The second-order valence-electron chi connectivity index (χ2n) is 4.66. The molecule has 0 aliphatic heterocycles. The number of hydrogen-bond donors (Lipinski definition) is 2. The van der Waals surface area contributed by atoms with Gasteiger partial charge in [0, 0.05) is 6.04 Å². The first-order chi connectivity index (χ1) is 9.26. The van der Waals surface area contributed by atoms with E-state index in [1.807, 2.05) is 0 Å². The van der Waals surface area contributed by atoms with Crippen LogP contribution in [0, 0.1) is 5.92 Å². The number of anilines is 1. The first-order valence-electron chi connectivity index (χ1n) is 6.57. The molecule has 1 aromatic rings. The molecule has 1 aromatic heterocycles. The highest BCUT2D eigenvalue weighted by Gasteiger charge is 2.24. The van der Waals surface area contributed by atoms with Crippen molar-refractivity contribution in [2.75, 3.05) is 26.1 Å². The summed E-state index contributed by atoms with van der Waals surface area (Å²) in [4.78, 5) is 12.3. The molecule has 2 rings (SSSR count). The summed E-state index contributed by atoms with van der Waals surface area (Å²) in [5.74, 6) is 0.941. The zero-order valence-corrected chi connectivity index (χ0v) is 11.4. The fourth-order valence-corrected chi connectivity index (χ4v) is 2.43. The largest absolute Gasteiger partial charge is 0.467 e. The van der Waals surface area contributed by atoms with Crippen LogP contribution in [0.2, 0.25) is 0 Å². The second kappa shape index (κ2) is 6.51. The molecule has 0 amide bonds. The Morgan fingerprint density at radius 2 is 1.74 bits per heavy atom. The molecule has 2 atom stereocenters. The van der Waals surface area contributed by atoms with E-state index in [9.17, 15) is 0 Å². The monoisotopic (exact) mass is 267 g/mol. The molecule has 1 aliphatic rings. The molecule has 0 aromatic carbocycles. The van der Waals surface area contributed by atoms with Crippen LogP contribution in [0.1, 0.15) is 25.7 Å². The number of nitrogens with one attached hydrogen (secondary N) is 1. The molecule has 0 radical (unpaired) electrons. The number of hydrogen-bond acceptors (Lipinski definition) is 7. The average Bonchev–Trinajstić information content (AvgIpc) is 2.47. The third-order valence-corrected chi connectivity index (χ3v) is 3.49. The number of nitrogens with two attached hydrogens (primary N) is 1. The summed E-state index contributed by atoms with van der Waals surface area (Å²) in [5.41, 5.74) is 5.82. The second-order valence-corrected chi connectivity index (χ2v) is 4.66. The maximum absolute atomic E-state index is 5.82. The van der Waals surface area contributed by atoms with Crippen molar-refractivity contribution in [3.05, 3.63) is 0 Å². The number of aromatic nitrogens is 3. The molecule has 3 N–H and O–H groups in total. The molecule has 1 fully saturated rings. The van der Waals surface area contributed by atoms with Crippen molar-refractivity contribution in [2.24, 2.45) is 11.7 Å². The summed E-state index contributed by atoms with van der Waals surface area (Å²) >= 11 is 0. The molecule has 1 aliphatic carbocycles. The van der Waals surface area contributed by atoms with Crippen LogP contribution in [0.4, 0.5) is 5.95 Å². The summed E-state index contributed by atoms with van der Waals surface area (Å²) in [6.45, 7) is 0.678. The van der Waals surface area contributed by atoms with Gasteiger partial charge in [-0.1, -0.05) is 12.8 Å². The fraction of sp³-hybridized carbons (Fsp3) is 0.750. The molecular weight excluding hydrogens is 246 g/mol. The fourth-order valence-electron chi connectivity index (χ4n) is 2.43. The van der Waals surface area contributed by atoms with Gasteiger partial charge >= 0.3 is 12.0 Å². The highest BCUT2D eigenvalue weighted by atomic mass is 16.5. The minimum atomic E-state index is 0.245. The van der Waals surface area contributed by atoms with E-state index < -0.39 is 0 Å². The Labute approximate surface area is 112 Å². The van der Waals surface area contributed by atoms with Crippen molar-refractivity contribution in [1.29, 1.82) is 0 Å². The number of ether oxygens (including phenoxy) is 2. The van der Waals surface area contributed by atoms with Crippen LogP contribution in [0.5, 0.6) is 12.0 Å². The van der Waals surface area contributed by atoms with Crippen LogP contribution < -0.4 is 20.5 Å². The molecule has 7 nitrogen and oxygen atoms in total. The van der Waals surface area contributed by atoms with Crippen LogP contribution in [-0.2, 0) is 0 Å². The summed E-state index contributed by atoms with van der Waals surface area (Å²) < 4.78 is 10.1. The number of rotatable bonds is 5. The van der Waals surface area contributed by atoms with Crippen molar-refractivity contribution in [1.82, 2.24) is 15.0 Å². The van der Waals surface area contributed by atoms with E-state index in [4.69, 9.17) is 15.2 Å². The minimum Gasteiger partial charge on any atom is -0.467 e. The zero-order valence-electron chi connectivity index (χ0n) is 11.4. The van der Waals surface area contributed by atoms with Crippen molar-refractivity contribution >= 4 is 5.95 Å². The Morgan fingerprint density at radius 1 is 1.11 bits per heavy atom. The van der Waals surface area contributed by atoms with E-state index >= 15 is 0 Å². The van der Waals surface area contributed by atoms with Crippen molar-refractivity contribution in [2.45, 2.75) is 31.7 Å². The number of methoxy groups -OCH3 is 2. The Balaban J connectivity index is 2.12. The SMILES string of the molecule is COc1nc(NC2CCCCC2CN)nc(OC)n1. The lowest BCUT2D eigenvalue weighted by atomic mass is 9.84. The molecule has 2 unspecified atom stereocenters. The van der Waals surface area contributed by atoms with Gasteiger partial charge in [-0.25, -0.2) is 0 Å². The first-order valence-corrected chi connectivity index (χ1v) is 6.57. The predicted octanol–water partition coefficient (Wildman–Crippen LogP) is 0.818. The van der Waals surface area contributed by atoms with E-state index in [2.05, 4.69) is 20.3 Å². The molecule has 7 heteroatoms. The van der Waals surface area contributed by atoms with Gasteiger partial charge in [0.1, 0.15) is 0 Å². The highest BCUT2D eigenvalue weighted by molar-refractivity contribution is 5.29. The predicted molar refractivity (Wildman–Crippen MR) is 71.4 cm³/mol. The summed E-state index contributed by atoms with van der Waals surface area (Å²) in [7, 11) is 3.03. The van der Waals surface area contributed by atoms with Gasteiger partial charge in [0.25, 0.3) is 0 Å². The molecule has 1 heterocycles. The van der Waals surface area contributed by atoms with Crippen LogP contribution in [0.25, 0.3) is 0 Å². The first kappa shape index (κ1) is 13.8. The van der Waals surface area contributed by atoms with Gasteiger partial charge in [0.05, 0.1) is 14.2 Å². The van der Waals surface area contributed by atoms with E-state index in [-0.39, 0.29) is 12.0 Å². The van der Waals surface area contributed by atoms with E-state index in [0.717, 1.165) is 12.8 Å². The van der Waals surface area contributed by atoms with Crippen LogP contribution in [0.15, 0.2) is 0 Å². The Bertz CT molecular complexity index is 393. The molecule has 1 saturated carbocycles. The molecule has 0 saturated heterocycles. The van der Waals surface area contributed by atoms with E-state index in [1.165, 1.54) is 27.1 Å². The Morgan fingerprint density at radius 3 is 2.32 bits per heavy atom. The molecule has 0 bridgehead atoms. The third kappa shape index (κ3) is 3.44. The van der Waals surface area contributed by atoms with Gasteiger partial charge in [-0.3, -0.25) is 0 Å². The van der Waals surface area contributed by atoms with Crippen LogP contribution in [0.3, 0.4) is 0 Å². The summed E-state index contributed by atoms with van der Waals surface area (Å²) in [6, 6.07) is 0.791. The van der Waals surface area contributed by atoms with Gasteiger partial charge in [-0.2, -0.15) is 9.97 Å². The maximum Gasteiger partial charge on any atom is 0.324 e. The van der Waals surface area contributed by atoms with Gasteiger partial charge in [0.15, 0.2) is 0 Å². The normalized spacial score (nSPS) is 22.9. The van der Waals surface area contributed by atoms with Crippen LogP contribution in [-0.4, -0.2) is 41.8 Å². The minimum absolute atomic E-state index is 0.245. The van der Waals surface area contributed by atoms with Crippen molar-refractivity contribution in [3.8, 4) is 12.0 Å². The van der Waals surface area contributed by atoms with Crippen LogP contribution >= 0.6 is 0 Å². The van der Waals surface area contributed by atoms with Gasteiger partial charge < -0.3 is 20.5 Å². The van der Waals surface area contributed by atoms with E-state index in [0.29, 0.717) is 24.5 Å². The molecule has 19 heavy (non-hydrogen) atoms. The lowest BCUT2D eigenvalue weighted by molar-refractivity contribution is 0.325. The lowest BCUT2D eigenvalue weighted by Gasteiger charge is -2.31. The molecule has 0 spiro atoms. The average molecular weight is 267 g/mol. The zero-order chi connectivity index (χ0) is 13.7. The summed E-state index contributed by atoms with van der Waals surface area (Å²) in [5, 5.41) is 3.33. The quantitative estimate of drug-likeness (QED) is 0.815. The topological polar surface area (TPSA) is 95.2 Å². The lowest BCUT2D eigenvalue weighted by Crippen LogP contribution is -2.37. The molecule has 106 valence electrons. The Kier molecular flexibility index (Phi) is 4.73. The van der Waals surface area contributed by atoms with E-state index in [1.54, 1.807) is 0 Å². The third-order valence-electron chi connectivity index (χ3n) is 3.49. The van der Waals surface area contributed by atoms with Crippen molar-refractivity contribution < 1.29 is 9.47 Å². The number of nitrogens with zero attached hydrogens (tertiary/aromatic N) is 3. The van der Waals surface area contributed by atoms with Crippen molar-refractivity contribution in [3.63, 3.8) is 0 Å². The molecular formula is C12H21N5O2. The maximum atomic E-state index is 5.82. The summed E-state index contributed by atoms with van der Waals surface area (Å²) in [6.07, 6.45) is 4.67.